The first-order chi connectivity index (χ1) is 42.2. The molecule has 1 aromatic rings. The number of benzene rings is 1. The Labute approximate surface area is 523 Å². The molecule has 2 fully saturated rings. The van der Waals surface area contributed by atoms with Crippen LogP contribution in [0.1, 0.15) is 145 Å². The molecular formula is C61H102N14O14. The van der Waals surface area contributed by atoms with E-state index in [1.165, 1.54) is 13.8 Å². The molecule has 3 rings (SSSR count). The zero-order chi connectivity index (χ0) is 66.7. The van der Waals surface area contributed by atoms with Gasteiger partial charge in [-0.2, -0.15) is 0 Å². The van der Waals surface area contributed by atoms with Gasteiger partial charge in [-0.05, 0) is 88.2 Å². The van der Waals surface area contributed by atoms with Crippen LogP contribution in [-0.2, 0) is 63.9 Å². The van der Waals surface area contributed by atoms with Crippen LogP contribution in [0.4, 0.5) is 0 Å². The van der Waals surface area contributed by atoms with Crippen molar-refractivity contribution in [3.63, 3.8) is 0 Å². The molecule has 0 unspecified atom stereocenters. The van der Waals surface area contributed by atoms with Gasteiger partial charge in [0.1, 0.15) is 66.5 Å². The van der Waals surface area contributed by atoms with E-state index in [1.807, 2.05) is 44.2 Å². The molecule has 500 valence electrons. The van der Waals surface area contributed by atoms with Gasteiger partial charge < -0.3 is 84.9 Å². The Morgan fingerprint density at radius 1 is 0.607 bits per heavy atom. The number of aliphatic imine (C=N–C) groups is 1. The van der Waals surface area contributed by atoms with Gasteiger partial charge in [0.2, 0.25) is 59.1 Å². The number of aliphatic hydroxyl groups excluding tert-OH is 2. The molecule has 89 heavy (non-hydrogen) atoms. The van der Waals surface area contributed by atoms with E-state index in [4.69, 9.17) is 16.2 Å². The van der Waals surface area contributed by atoms with E-state index in [1.54, 1.807) is 48.6 Å². The summed E-state index contributed by atoms with van der Waals surface area (Å²) in [5.74, 6) is -11.8. The lowest BCUT2D eigenvalue weighted by atomic mass is 9.83. The predicted molar refractivity (Wildman–Crippen MR) is 332 cm³/mol. The monoisotopic (exact) mass is 1250 g/mol. The Morgan fingerprint density at radius 3 is 1.58 bits per heavy atom. The van der Waals surface area contributed by atoms with Crippen LogP contribution >= 0.6 is 0 Å². The third-order valence-corrected chi connectivity index (χ3v) is 17.1. The van der Waals surface area contributed by atoms with Crippen LogP contribution in [-0.4, -0.2) is 181 Å². The Balaban J connectivity index is 1.88. The van der Waals surface area contributed by atoms with E-state index in [9.17, 15) is 63.0 Å². The number of esters is 1. The van der Waals surface area contributed by atoms with Crippen molar-refractivity contribution in [1.82, 2.24) is 58.5 Å². The second-order valence-electron chi connectivity index (χ2n) is 23.8. The second kappa shape index (κ2) is 38.2. The van der Waals surface area contributed by atoms with E-state index in [-0.39, 0.29) is 37.7 Å². The lowest BCUT2D eigenvalue weighted by Crippen LogP contribution is -2.63. The number of guanidine groups is 1. The highest BCUT2D eigenvalue weighted by Crippen LogP contribution is 2.28. The number of ether oxygens (including phenoxy) is 1. The minimum absolute atomic E-state index is 0.0166. The number of carbonyl (C=O) groups excluding carboxylic acids is 11. The van der Waals surface area contributed by atoms with Gasteiger partial charge in [0.25, 0.3) is 0 Å². The number of likely N-dealkylation sites (N-methyl/N-ethyl adjacent to an activating group) is 1. The fraction of sp³-hybridized carbons (Fsp3) is 0.705. The first kappa shape index (κ1) is 75.8. The normalized spacial score (nSPS) is 22.2. The van der Waals surface area contributed by atoms with E-state index >= 15 is 0 Å². The molecule has 1 aromatic carbocycles. The van der Waals surface area contributed by atoms with Crippen molar-refractivity contribution in [3.8, 4) is 0 Å². The molecule has 16 atom stereocenters. The van der Waals surface area contributed by atoms with Crippen molar-refractivity contribution < 1.29 is 67.7 Å². The van der Waals surface area contributed by atoms with E-state index in [2.05, 4.69) is 63.5 Å². The summed E-state index contributed by atoms with van der Waals surface area (Å²) in [4.78, 5) is 159. The van der Waals surface area contributed by atoms with Crippen molar-refractivity contribution >= 4 is 71.0 Å². The van der Waals surface area contributed by atoms with Crippen molar-refractivity contribution in [2.24, 2.45) is 46.0 Å². The third kappa shape index (κ3) is 23.5. The van der Waals surface area contributed by atoms with E-state index in [0.717, 1.165) is 24.8 Å². The number of aliphatic hydroxyl groups is 2. The number of hydrogen-bond acceptors (Lipinski definition) is 16. The van der Waals surface area contributed by atoms with Crippen LogP contribution in [0.15, 0.2) is 35.3 Å². The smallest absolute Gasteiger partial charge is 0.329 e. The molecule has 0 aromatic heterocycles. The van der Waals surface area contributed by atoms with Gasteiger partial charge in [0, 0.05) is 6.54 Å². The molecule has 28 nitrogen and oxygen atoms in total. The summed E-state index contributed by atoms with van der Waals surface area (Å²) >= 11 is 0. The minimum Gasteiger partial charge on any atom is -0.458 e. The number of nitrogens with one attached hydrogen (secondary N) is 11. The standard InChI is InChI=1S/C61H102N14O14/c1-12-32(5)44(71-52(80)41(64-11)29-38-23-18-16-19-24-38)55(83)68-42(30-76)53(81)67-40(27-22-28-65-61(62)63)51(79)70-46(34(7)14-3)57(85)72-45(33(6)13-2)56(84)69-43(31-77)54(82)74-48-37(10)89-60(88)47(35(8)15-4)73-59(87)49(39-25-20-17-21-26-39)75-50(78)36(9)66-58(48)86/h16,18-19,23-24,32-37,39-49,64,76-77H,12-15,17,20-22,25-31H2,1-11H3,(H,66,86)(H,67,81)(H,68,83)(H,69,84)(H,70,79)(H,71,80)(H,72,85)(H,73,87)(H,74,82)(H,75,78)(H4,62,63,65)/t32-,33-,34-,35-,36-,37-,40+,41+,42-,43-,44-,45-,46+,47-,48+,49-/m0/s1. The Bertz CT molecular complexity index is 2550. The molecule has 1 heterocycles. The van der Waals surface area contributed by atoms with Crippen LogP contribution in [0.5, 0.6) is 0 Å². The van der Waals surface area contributed by atoms with Crippen molar-refractivity contribution in [2.45, 2.75) is 219 Å². The summed E-state index contributed by atoms with van der Waals surface area (Å²) in [6, 6.07) is -5.47. The zero-order valence-electron chi connectivity index (χ0n) is 53.7. The molecule has 2 aliphatic rings. The second-order valence-corrected chi connectivity index (χ2v) is 23.8. The topological polar surface area (TPSA) is 434 Å². The molecule has 0 bridgehead atoms. The van der Waals surface area contributed by atoms with E-state index in [0.29, 0.717) is 38.5 Å². The number of carbonyl (C=O) groups is 11. The van der Waals surface area contributed by atoms with Crippen molar-refractivity contribution in [3.05, 3.63) is 35.9 Å². The highest BCUT2D eigenvalue weighted by molar-refractivity contribution is 5.99. The number of nitrogens with two attached hydrogens (primary N) is 2. The van der Waals surface area contributed by atoms with Crippen LogP contribution in [0.3, 0.4) is 0 Å². The molecule has 1 saturated carbocycles. The number of nitrogens with zero attached hydrogens (tertiary/aromatic N) is 1. The first-order valence-corrected chi connectivity index (χ1v) is 31.4. The fourth-order valence-electron chi connectivity index (χ4n) is 10.4. The minimum atomic E-state index is -1.79. The van der Waals surface area contributed by atoms with Crippen LogP contribution in [0.2, 0.25) is 0 Å². The maximum atomic E-state index is 14.5. The largest absolute Gasteiger partial charge is 0.458 e. The Morgan fingerprint density at radius 2 is 1.09 bits per heavy atom. The van der Waals surface area contributed by atoms with Gasteiger partial charge in [-0.1, -0.05) is 131 Å². The average molecular weight is 1260 g/mol. The van der Waals surface area contributed by atoms with E-state index < -0.39 is 174 Å². The van der Waals surface area contributed by atoms with Crippen molar-refractivity contribution in [1.29, 1.82) is 0 Å². The summed E-state index contributed by atoms with van der Waals surface area (Å²) in [7, 11) is 1.61. The maximum absolute atomic E-state index is 14.5. The van der Waals surface area contributed by atoms with Gasteiger partial charge in [0.05, 0.1) is 19.3 Å². The molecule has 1 aliphatic carbocycles. The number of amides is 10. The van der Waals surface area contributed by atoms with Gasteiger partial charge in [-0.25, -0.2) is 4.79 Å². The summed E-state index contributed by atoms with van der Waals surface area (Å²) in [5, 5.41) is 50.4. The predicted octanol–water partition coefficient (Wildman–Crippen LogP) is -1.57. The van der Waals surface area contributed by atoms with Gasteiger partial charge in [0.15, 0.2) is 5.96 Å². The zero-order valence-corrected chi connectivity index (χ0v) is 53.7. The van der Waals surface area contributed by atoms with Crippen LogP contribution < -0.4 is 70.0 Å². The average Bonchev–Trinajstić information content (AvgIpc) is 2.70. The number of hydrogen-bond donors (Lipinski definition) is 15. The molecule has 28 heteroatoms. The van der Waals surface area contributed by atoms with Gasteiger partial charge in [-0.3, -0.25) is 52.9 Å². The lowest BCUT2D eigenvalue weighted by molar-refractivity contribution is -0.157. The number of cyclic esters (lactones) is 1. The molecule has 1 saturated heterocycles. The molecule has 0 spiro atoms. The molecule has 0 radical (unpaired) electrons. The number of rotatable bonds is 32. The SMILES string of the molecule is CC[C@H](C)[C@H](NC(=O)[C@@H](Cc1ccccc1)NC)C(=O)N[C@@H](CO)C(=O)N[C@H](CCCN=C(N)N)C(=O)N[C@@H](C(=O)N[C@H](C(=O)N[C@@H](CO)C(=O)N[C@H]1C(=O)N[C@@H](C)C(=O)N[C@@H](C2CCCCC2)C(=O)N[C@@H]([C@@H](C)CC)C(=O)O[C@H]1C)[C@@H](C)CC)[C@@H](C)CC. The van der Waals surface area contributed by atoms with Crippen molar-refractivity contribution in [2.75, 3.05) is 26.8 Å². The molecule has 1 aliphatic heterocycles. The third-order valence-electron chi connectivity index (χ3n) is 17.1. The van der Waals surface area contributed by atoms with Crippen LogP contribution in [0, 0.1) is 29.6 Å². The summed E-state index contributed by atoms with van der Waals surface area (Å²) in [6.07, 6.45) is 4.26. The van der Waals surface area contributed by atoms with Gasteiger partial charge in [-0.15, -0.1) is 0 Å². The summed E-state index contributed by atoms with van der Waals surface area (Å²) in [6.45, 7) is 14.6. The lowest BCUT2D eigenvalue weighted by Gasteiger charge is -2.32. The highest BCUT2D eigenvalue weighted by atomic mass is 16.5. The summed E-state index contributed by atoms with van der Waals surface area (Å²) < 4.78 is 5.79. The molecule has 10 amide bonds. The first-order valence-electron chi connectivity index (χ1n) is 31.4. The molecule has 17 N–H and O–H groups in total. The summed E-state index contributed by atoms with van der Waals surface area (Å²) in [5.41, 5.74) is 12.0. The van der Waals surface area contributed by atoms with Gasteiger partial charge >= 0.3 is 5.97 Å². The van der Waals surface area contributed by atoms with Crippen LogP contribution in [0.25, 0.3) is 0 Å². The Kier molecular flexibility index (Phi) is 32.5. The maximum Gasteiger partial charge on any atom is 0.329 e. The highest BCUT2D eigenvalue weighted by Gasteiger charge is 2.42. The fourth-order valence-corrected chi connectivity index (χ4v) is 10.4. The quantitative estimate of drug-likeness (QED) is 0.0168. The Hall–Kier alpha value is -7.46. The molecular weight excluding hydrogens is 1150 g/mol.